The van der Waals surface area contributed by atoms with E-state index in [2.05, 4.69) is 19.9 Å². The van der Waals surface area contributed by atoms with Gasteiger partial charge in [0.05, 0.1) is 19.0 Å². The fourth-order valence-corrected chi connectivity index (χ4v) is 3.54. The standard InChI is InChI=1S/C16H17N5O3S/c1-11-6-14(24-3)15(7-12(11)2)25(22,23)20-13-4-5-16(17-8-13)21-9-18-19-10-21/h4-10,20H,1-3H3. The number of rotatable bonds is 5. The molecule has 0 aliphatic heterocycles. The van der Waals surface area contributed by atoms with Crippen LogP contribution in [0.2, 0.25) is 0 Å². The molecule has 3 aromatic rings. The number of aryl methyl sites for hydroxylation is 2. The van der Waals surface area contributed by atoms with Crippen LogP contribution < -0.4 is 9.46 Å². The minimum atomic E-state index is -3.81. The fourth-order valence-electron chi connectivity index (χ4n) is 2.26. The molecule has 0 spiro atoms. The van der Waals surface area contributed by atoms with Crippen molar-refractivity contribution in [1.29, 1.82) is 0 Å². The van der Waals surface area contributed by atoms with E-state index in [0.29, 0.717) is 17.3 Å². The van der Waals surface area contributed by atoms with Crippen LogP contribution in [0, 0.1) is 13.8 Å². The van der Waals surface area contributed by atoms with Gasteiger partial charge in [-0.25, -0.2) is 13.4 Å². The maximum absolute atomic E-state index is 12.7. The second-order valence-electron chi connectivity index (χ2n) is 5.47. The van der Waals surface area contributed by atoms with Crippen molar-refractivity contribution >= 4 is 15.7 Å². The molecule has 0 fully saturated rings. The van der Waals surface area contributed by atoms with Gasteiger partial charge in [0, 0.05) is 0 Å². The Morgan fingerprint density at radius 2 is 1.76 bits per heavy atom. The van der Waals surface area contributed by atoms with Gasteiger partial charge in [-0.2, -0.15) is 0 Å². The van der Waals surface area contributed by atoms with Crippen LogP contribution in [0.1, 0.15) is 11.1 Å². The monoisotopic (exact) mass is 359 g/mol. The van der Waals surface area contributed by atoms with E-state index in [9.17, 15) is 8.42 Å². The quantitative estimate of drug-likeness (QED) is 0.749. The van der Waals surface area contributed by atoms with Crippen molar-refractivity contribution in [3.63, 3.8) is 0 Å². The molecule has 0 radical (unpaired) electrons. The molecule has 0 unspecified atom stereocenters. The van der Waals surface area contributed by atoms with Gasteiger partial charge in [0.15, 0.2) is 0 Å². The van der Waals surface area contributed by atoms with Gasteiger partial charge in [0.25, 0.3) is 10.0 Å². The lowest BCUT2D eigenvalue weighted by Gasteiger charge is -2.14. The number of hydrogen-bond donors (Lipinski definition) is 1. The number of nitrogens with one attached hydrogen (secondary N) is 1. The van der Waals surface area contributed by atoms with Crippen molar-refractivity contribution in [2.75, 3.05) is 11.8 Å². The average molecular weight is 359 g/mol. The summed E-state index contributed by atoms with van der Waals surface area (Å²) < 4.78 is 34.8. The second-order valence-corrected chi connectivity index (χ2v) is 7.12. The Hall–Kier alpha value is -2.94. The molecular formula is C16H17N5O3S. The normalized spacial score (nSPS) is 11.3. The molecule has 0 saturated carbocycles. The first kappa shape index (κ1) is 16.9. The molecule has 8 nitrogen and oxygen atoms in total. The van der Waals surface area contributed by atoms with Crippen LogP contribution in [0.15, 0.2) is 48.0 Å². The number of ether oxygens (including phenoxy) is 1. The Labute approximate surface area is 145 Å². The van der Waals surface area contributed by atoms with Crippen LogP contribution in [-0.4, -0.2) is 35.3 Å². The van der Waals surface area contributed by atoms with E-state index in [1.165, 1.54) is 26.0 Å². The number of aromatic nitrogens is 4. The zero-order chi connectivity index (χ0) is 18.0. The molecule has 0 aliphatic carbocycles. The summed E-state index contributed by atoms with van der Waals surface area (Å²) in [6, 6.07) is 6.58. The van der Waals surface area contributed by atoms with Crippen LogP contribution in [0.4, 0.5) is 5.69 Å². The van der Waals surface area contributed by atoms with Gasteiger partial charge in [-0.05, 0) is 49.2 Å². The molecule has 2 heterocycles. The highest BCUT2D eigenvalue weighted by molar-refractivity contribution is 7.92. The summed E-state index contributed by atoms with van der Waals surface area (Å²) in [5, 5.41) is 7.40. The molecule has 0 saturated heterocycles. The number of benzene rings is 1. The minimum Gasteiger partial charge on any atom is -0.495 e. The summed E-state index contributed by atoms with van der Waals surface area (Å²) >= 11 is 0. The van der Waals surface area contributed by atoms with Crippen molar-refractivity contribution in [1.82, 2.24) is 19.7 Å². The van der Waals surface area contributed by atoms with Gasteiger partial charge in [0.1, 0.15) is 29.1 Å². The van der Waals surface area contributed by atoms with Crippen molar-refractivity contribution < 1.29 is 13.2 Å². The minimum absolute atomic E-state index is 0.0842. The van der Waals surface area contributed by atoms with Crippen LogP contribution in [0.3, 0.4) is 0 Å². The summed E-state index contributed by atoms with van der Waals surface area (Å²) in [5.41, 5.74) is 2.16. The summed E-state index contributed by atoms with van der Waals surface area (Å²) in [4.78, 5) is 4.28. The van der Waals surface area contributed by atoms with Crippen molar-refractivity contribution in [3.8, 4) is 11.6 Å². The van der Waals surface area contributed by atoms with E-state index >= 15 is 0 Å². The molecule has 0 atom stereocenters. The zero-order valence-electron chi connectivity index (χ0n) is 14.0. The summed E-state index contributed by atoms with van der Waals surface area (Å²) in [6.45, 7) is 3.75. The lowest BCUT2D eigenvalue weighted by Crippen LogP contribution is -2.15. The lowest BCUT2D eigenvalue weighted by atomic mass is 10.1. The van der Waals surface area contributed by atoms with Crippen molar-refractivity contribution in [3.05, 3.63) is 54.2 Å². The molecule has 2 aromatic heterocycles. The third-order valence-corrected chi connectivity index (χ3v) is 5.16. The molecule has 130 valence electrons. The first-order chi connectivity index (χ1) is 11.9. The Bertz CT molecular complexity index is 983. The Kier molecular flexibility index (Phi) is 4.41. The molecule has 3 rings (SSSR count). The lowest BCUT2D eigenvalue weighted by molar-refractivity contribution is 0.402. The van der Waals surface area contributed by atoms with E-state index in [4.69, 9.17) is 4.74 Å². The summed E-state index contributed by atoms with van der Waals surface area (Å²) in [5.74, 6) is 0.876. The Morgan fingerprint density at radius 1 is 1.08 bits per heavy atom. The maximum Gasteiger partial charge on any atom is 0.265 e. The number of sulfonamides is 1. The van der Waals surface area contributed by atoms with Crippen LogP contribution in [-0.2, 0) is 10.0 Å². The SMILES string of the molecule is COc1cc(C)c(C)cc1S(=O)(=O)Nc1ccc(-n2cnnc2)nc1. The largest absolute Gasteiger partial charge is 0.495 e. The van der Waals surface area contributed by atoms with Crippen LogP contribution >= 0.6 is 0 Å². The molecule has 9 heteroatoms. The van der Waals surface area contributed by atoms with Gasteiger partial charge >= 0.3 is 0 Å². The van der Waals surface area contributed by atoms with Crippen molar-refractivity contribution in [2.24, 2.45) is 0 Å². The number of methoxy groups -OCH3 is 1. The van der Waals surface area contributed by atoms with Gasteiger partial charge in [-0.3, -0.25) is 9.29 Å². The molecule has 1 aromatic carbocycles. The van der Waals surface area contributed by atoms with Gasteiger partial charge in [-0.15, -0.1) is 10.2 Å². The number of nitrogens with zero attached hydrogens (tertiary/aromatic N) is 4. The highest BCUT2D eigenvalue weighted by atomic mass is 32.2. The first-order valence-corrected chi connectivity index (χ1v) is 8.88. The van der Waals surface area contributed by atoms with Gasteiger partial charge in [-0.1, -0.05) is 0 Å². The maximum atomic E-state index is 12.7. The van der Waals surface area contributed by atoms with E-state index in [1.54, 1.807) is 28.8 Å². The van der Waals surface area contributed by atoms with Gasteiger partial charge < -0.3 is 4.74 Å². The van der Waals surface area contributed by atoms with E-state index < -0.39 is 10.0 Å². The molecule has 1 N–H and O–H groups in total. The Balaban J connectivity index is 1.90. The topological polar surface area (TPSA) is 99.0 Å². The highest BCUT2D eigenvalue weighted by Gasteiger charge is 2.21. The van der Waals surface area contributed by atoms with E-state index in [-0.39, 0.29) is 4.90 Å². The first-order valence-electron chi connectivity index (χ1n) is 7.40. The molecule has 25 heavy (non-hydrogen) atoms. The average Bonchev–Trinajstić information content (AvgIpc) is 3.11. The third kappa shape index (κ3) is 3.45. The van der Waals surface area contributed by atoms with E-state index in [1.807, 2.05) is 13.8 Å². The molecule has 0 bridgehead atoms. The smallest absolute Gasteiger partial charge is 0.265 e. The van der Waals surface area contributed by atoms with Crippen LogP contribution in [0.25, 0.3) is 5.82 Å². The predicted molar refractivity (Wildman–Crippen MR) is 92.4 cm³/mol. The highest BCUT2D eigenvalue weighted by Crippen LogP contribution is 2.28. The molecular weight excluding hydrogens is 342 g/mol. The fraction of sp³-hybridized carbons (Fsp3) is 0.188. The van der Waals surface area contributed by atoms with E-state index in [0.717, 1.165) is 11.1 Å². The van der Waals surface area contributed by atoms with Crippen LogP contribution in [0.5, 0.6) is 5.75 Å². The van der Waals surface area contributed by atoms with Gasteiger partial charge in [0.2, 0.25) is 0 Å². The third-order valence-electron chi connectivity index (χ3n) is 3.75. The second kappa shape index (κ2) is 6.52. The zero-order valence-corrected chi connectivity index (χ0v) is 14.8. The number of hydrogen-bond acceptors (Lipinski definition) is 6. The summed E-state index contributed by atoms with van der Waals surface area (Å²) in [7, 11) is -2.37. The Morgan fingerprint density at radius 3 is 2.36 bits per heavy atom. The summed E-state index contributed by atoms with van der Waals surface area (Å²) in [6.07, 6.45) is 4.44. The number of pyridine rings is 1. The van der Waals surface area contributed by atoms with Crippen molar-refractivity contribution in [2.45, 2.75) is 18.7 Å². The molecule has 0 aliphatic rings. The number of anilines is 1. The predicted octanol–water partition coefficient (Wildman–Crippen LogP) is 2.09. The molecule has 0 amide bonds.